The average molecular weight is 487 g/mol. The van der Waals surface area contributed by atoms with Crippen LogP contribution in [-0.4, -0.2) is 59.5 Å². The SMILES string of the molecule is CC(C)(C)C1CCc2nc3ccccc3c(C(=O)OCC(=O)N3CCN(c4ccccn4)CC3)c2C1. The van der Waals surface area contributed by atoms with Crippen LogP contribution in [0.2, 0.25) is 0 Å². The highest BCUT2D eigenvalue weighted by molar-refractivity contribution is 6.05. The Morgan fingerprint density at radius 2 is 1.78 bits per heavy atom. The molecule has 7 heteroatoms. The number of aromatic nitrogens is 2. The van der Waals surface area contributed by atoms with Crippen LogP contribution in [0.15, 0.2) is 48.7 Å². The third kappa shape index (κ3) is 4.92. The maximum Gasteiger partial charge on any atom is 0.339 e. The van der Waals surface area contributed by atoms with Crippen molar-refractivity contribution < 1.29 is 14.3 Å². The Kier molecular flexibility index (Phi) is 6.65. The van der Waals surface area contributed by atoms with E-state index >= 15 is 0 Å². The van der Waals surface area contributed by atoms with E-state index in [0.717, 1.165) is 47.2 Å². The Hall–Kier alpha value is -3.48. The molecule has 1 aromatic carbocycles. The molecule has 0 radical (unpaired) electrons. The van der Waals surface area contributed by atoms with Gasteiger partial charge in [0, 0.05) is 43.5 Å². The van der Waals surface area contributed by atoms with Crippen molar-refractivity contribution >= 4 is 28.6 Å². The molecule has 0 spiro atoms. The first-order valence-corrected chi connectivity index (χ1v) is 12.8. The van der Waals surface area contributed by atoms with Crippen LogP contribution in [0.1, 0.15) is 48.8 Å². The number of esters is 1. The number of fused-ring (bicyclic) bond motifs is 2. The molecule has 1 aliphatic carbocycles. The largest absolute Gasteiger partial charge is 0.452 e. The van der Waals surface area contributed by atoms with Gasteiger partial charge in [-0.2, -0.15) is 0 Å². The first-order valence-electron chi connectivity index (χ1n) is 12.8. The molecule has 3 aromatic rings. The highest BCUT2D eigenvalue weighted by Crippen LogP contribution is 2.39. The van der Waals surface area contributed by atoms with Gasteiger partial charge >= 0.3 is 5.97 Å². The van der Waals surface area contributed by atoms with Gasteiger partial charge in [0.05, 0.1) is 11.1 Å². The first kappa shape index (κ1) is 24.2. The van der Waals surface area contributed by atoms with Gasteiger partial charge in [-0.1, -0.05) is 45.0 Å². The van der Waals surface area contributed by atoms with Gasteiger partial charge in [-0.15, -0.1) is 0 Å². The zero-order valence-electron chi connectivity index (χ0n) is 21.4. The second kappa shape index (κ2) is 9.88. The molecule has 0 bridgehead atoms. The number of aryl methyl sites for hydroxylation is 1. The fourth-order valence-electron chi connectivity index (χ4n) is 5.38. The molecular weight excluding hydrogens is 452 g/mol. The quantitative estimate of drug-likeness (QED) is 0.512. The second-order valence-electron chi connectivity index (χ2n) is 10.9. The van der Waals surface area contributed by atoms with Gasteiger partial charge in [0.1, 0.15) is 5.82 Å². The van der Waals surface area contributed by atoms with E-state index in [1.807, 2.05) is 42.5 Å². The Bertz CT molecular complexity index is 1260. The van der Waals surface area contributed by atoms with Crippen LogP contribution in [0.5, 0.6) is 0 Å². The number of nitrogens with zero attached hydrogens (tertiary/aromatic N) is 4. The molecule has 3 heterocycles. The van der Waals surface area contributed by atoms with Crippen molar-refractivity contribution in [2.75, 3.05) is 37.7 Å². The average Bonchev–Trinajstić information content (AvgIpc) is 2.90. The Labute approximate surface area is 212 Å². The fourth-order valence-corrected chi connectivity index (χ4v) is 5.38. The number of anilines is 1. The summed E-state index contributed by atoms with van der Waals surface area (Å²) in [6.07, 6.45) is 4.48. The summed E-state index contributed by atoms with van der Waals surface area (Å²) in [5, 5.41) is 0.798. The smallest absolute Gasteiger partial charge is 0.339 e. The Morgan fingerprint density at radius 3 is 2.50 bits per heavy atom. The predicted molar refractivity (Wildman–Crippen MR) is 140 cm³/mol. The molecule has 1 amide bonds. The lowest BCUT2D eigenvalue weighted by Crippen LogP contribution is -2.50. The third-order valence-corrected chi connectivity index (χ3v) is 7.62. The van der Waals surface area contributed by atoms with E-state index in [1.165, 1.54) is 0 Å². The summed E-state index contributed by atoms with van der Waals surface area (Å²) in [6.45, 7) is 9.06. The topological polar surface area (TPSA) is 75.6 Å². The standard InChI is InChI=1S/C29H34N4O3/c1-29(2,3)20-11-12-24-22(18-20)27(21-8-4-5-9-23(21)31-24)28(35)36-19-26(34)33-16-14-32(15-17-33)25-10-6-7-13-30-25/h4-10,13,20H,11-12,14-19H2,1-3H3. The number of ether oxygens (including phenoxy) is 1. The van der Waals surface area contributed by atoms with Gasteiger partial charge in [0.2, 0.25) is 0 Å². The van der Waals surface area contributed by atoms with Crippen LogP contribution >= 0.6 is 0 Å². The number of benzene rings is 1. The molecule has 2 aromatic heterocycles. The van der Waals surface area contributed by atoms with Crippen LogP contribution in [0.25, 0.3) is 10.9 Å². The third-order valence-electron chi connectivity index (χ3n) is 7.62. The number of pyridine rings is 2. The molecule has 1 unspecified atom stereocenters. The molecule has 188 valence electrons. The van der Waals surface area contributed by atoms with E-state index in [9.17, 15) is 9.59 Å². The van der Waals surface area contributed by atoms with Gasteiger partial charge in [0.15, 0.2) is 6.61 Å². The summed E-state index contributed by atoms with van der Waals surface area (Å²) in [7, 11) is 0. The summed E-state index contributed by atoms with van der Waals surface area (Å²) >= 11 is 0. The number of carbonyl (C=O) groups excluding carboxylic acids is 2. The van der Waals surface area contributed by atoms with Crippen LogP contribution in [0.4, 0.5) is 5.82 Å². The van der Waals surface area contributed by atoms with Crippen LogP contribution in [0, 0.1) is 11.3 Å². The van der Waals surface area contributed by atoms with Gasteiger partial charge in [-0.05, 0) is 54.4 Å². The summed E-state index contributed by atoms with van der Waals surface area (Å²) < 4.78 is 5.67. The first-order chi connectivity index (χ1) is 17.3. The van der Waals surface area contributed by atoms with Gasteiger partial charge < -0.3 is 14.5 Å². The van der Waals surface area contributed by atoms with Gasteiger partial charge in [0.25, 0.3) is 5.91 Å². The number of para-hydroxylation sites is 1. The molecule has 2 aliphatic rings. The van der Waals surface area contributed by atoms with Crippen molar-refractivity contribution in [1.82, 2.24) is 14.9 Å². The number of hydrogen-bond donors (Lipinski definition) is 0. The molecule has 0 N–H and O–H groups in total. The maximum atomic E-state index is 13.5. The molecule has 1 aliphatic heterocycles. The number of hydrogen-bond acceptors (Lipinski definition) is 6. The van der Waals surface area contributed by atoms with E-state index in [4.69, 9.17) is 9.72 Å². The lowest BCUT2D eigenvalue weighted by molar-refractivity contribution is -0.134. The second-order valence-corrected chi connectivity index (χ2v) is 10.9. The minimum atomic E-state index is -0.431. The van der Waals surface area contributed by atoms with E-state index in [0.29, 0.717) is 37.7 Å². The van der Waals surface area contributed by atoms with Gasteiger partial charge in [-0.25, -0.2) is 9.78 Å². The summed E-state index contributed by atoms with van der Waals surface area (Å²) in [6, 6.07) is 13.6. The highest BCUT2D eigenvalue weighted by Gasteiger charge is 2.33. The number of piperazine rings is 1. The molecule has 0 saturated carbocycles. The summed E-state index contributed by atoms with van der Waals surface area (Å²) in [5.74, 6) is 0.777. The molecule has 1 atom stereocenters. The molecule has 1 fully saturated rings. The van der Waals surface area contributed by atoms with Crippen molar-refractivity contribution in [2.24, 2.45) is 11.3 Å². The van der Waals surface area contributed by atoms with Gasteiger partial charge in [-0.3, -0.25) is 9.78 Å². The Morgan fingerprint density at radius 1 is 1.03 bits per heavy atom. The molecule has 5 rings (SSSR count). The van der Waals surface area contributed by atoms with E-state index in [-0.39, 0.29) is 17.9 Å². The number of rotatable bonds is 4. The van der Waals surface area contributed by atoms with E-state index in [2.05, 4.69) is 30.7 Å². The maximum absolute atomic E-state index is 13.5. The Balaban J connectivity index is 1.30. The minimum absolute atomic E-state index is 0.137. The fraction of sp³-hybridized carbons (Fsp3) is 0.448. The molecule has 1 saturated heterocycles. The van der Waals surface area contributed by atoms with E-state index < -0.39 is 5.97 Å². The highest BCUT2D eigenvalue weighted by atomic mass is 16.5. The van der Waals surface area contributed by atoms with Crippen LogP contribution < -0.4 is 4.90 Å². The lowest BCUT2D eigenvalue weighted by Gasteiger charge is -2.35. The lowest BCUT2D eigenvalue weighted by atomic mass is 9.70. The van der Waals surface area contributed by atoms with E-state index in [1.54, 1.807) is 11.1 Å². The normalized spacial score (nSPS) is 18.1. The summed E-state index contributed by atoms with van der Waals surface area (Å²) in [5.41, 5.74) is 3.49. The van der Waals surface area contributed by atoms with Crippen LogP contribution in [0.3, 0.4) is 0 Å². The monoisotopic (exact) mass is 486 g/mol. The molecule has 7 nitrogen and oxygen atoms in total. The van der Waals surface area contributed by atoms with Crippen molar-refractivity contribution in [1.29, 1.82) is 0 Å². The molecular formula is C29H34N4O3. The number of amides is 1. The zero-order chi connectivity index (χ0) is 25.3. The molecule has 36 heavy (non-hydrogen) atoms. The predicted octanol–water partition coefficient (Wildman–Crippen LogP) is 4.29. The van der Waals surface area contributed by atoms with Crippen molar-refractivity contribution in [3.8, 4) is 0 Å². The van der Waals surface area contributed by atoms with Crippen molar-refractivity contribution in [3.05, 3.63) is 65.5 Å². The minimum Gasteiger partial charge on any atom is -0.452 e. The van der Waals surface area contributed by atoms with Crippen molar-refractivity contribution in [3.63, 3.8) is 0 Å². The van der Waals surface area contributed by atoms with Crippen LogP contribution in [-0.2, 0) is 22.4 Å². The number of carbonyl (C=O) groups is 2. The summed E-state index contributed by atoms with van der Waals surface area (Å²) in [4.78, 5) is 39.6. The zero-order valence-corrected chi connectivity index (χ0v) is 21.4. The van der Waals surface area contributed by atoms with Crippen molar-refractivity contribution in [2.45, 2.75) is 40.0 Å².